The number of nitrogens with one attached hydrogen (secondary N) is 2. The van der Waals surface area contributed by atoms with Crippen LogP contribution in [0, 0.1) is 49.4 Å². The Hall–Kier alpha value is -4.38. The van der Waals surface area contributed by atoms with Gasteiger partial charge in [-0.3, -0.25) is 19.6 Å². The van der Waals surface area contributed by atoms with Crippen molar-refractivity contribution in [2.45, 2.75) is 207 Å². The largest absolute Gasteiger partial charge is 0.466 e. The van der Waals surface area contributed by atoms with E-state index in [1.54, 1.807) is 0 Å². The zero-order chi connectivity index (χ0) is 53.5. The molecule has 5 heterocycles. The van der Waals surface area contributed by atoms with Gasteiger partial charge in [0.15, 0.2) is 5.78 Å². The molecule has 76 heavy (non-hydrogen) atoms. The fourth-order valence-electron chi connectivity index (χ4n) is 14.9. The van der Waals surface area contributed by atoms with Crippen LogP contribution in [0.5, 0.6) is 0 Å². The Morgan fingerprint density at radius 3 is 2.07 bits per heavy atom. The smallest absolute Gasteiger partial charge is 0.305 e. The molecule has 3 fully saturated rings. The van der Waals surface area contributed by atoms with Gasteiger partial charge in [0.1, 0.15) is 0 Å². The minimum absolute atomic E-state index is 0.0387. The predicted octanol–water partition coefficient (Wildman–Crippen LogP) is 11.5. The second-order valence-electron chi connectivity index (χ2n) is 24.3. The molecule has 4 aliphatic carbocycles. The molecule has 0 amide bonds. The Bertz CT molecular complexity index is 2800. The monoisotopic (exact) mass is 1040 g/mol. The molecule has 414 valence electrons. The molecule has 0 aromatic carbocycles. The molecule has 9 rings (SSSR count). The van der Waals surface area contributed by atoms with Crippen LogP contribution in [0.2, 0.25) is 0 Å². The number of H-pyrrole nitrogens is 2. The summed E-state index contributed by atoms with van der Waals surface area (Å²) in [5.41, 5.74) is 13.0. The number of nitrogens with zero attached hydrogens (tertiary/aromatic N) is 3. The molecular formula is C66H95N5O5. The van der Waals surface area contributed by atoms with Crippen LogP contribution in [0.15, 0.2) is 39.0 Å². The predicted molar refractivity (Wildman–Crippen MR) is 312 cm³/mol. The van der Waals surface area contributed by atoms with Crippen molar-refractivity contribution in [3.8, 4) is 0 Å². The summed E-state index contributed by atoms with van der Waals surface area (Å²) < 4.78 is 18.8. The van der Waals surface area contributed by atoms with Gasteiger partial charge in [0, 0.05) is 70.7 Å². The van der Waals surface area contributed by atoms with Gasteiger partial charge < -0.3 is 29.1 Å². The van der Waals surface area contributed by atoms with Gasteiger partial charge in [-0.25, -0.2) is 0 Å². The van der Waals surface area contributed by atoms with E-state index in [4.69, 9.17) is 24.2 Å². The molecule has 4 atom stereocenters. The van der Waals surface area contributed by atoms with E-state index >= 15 is 0 Å². The number of aromatic nitrogens is 2. The van der Waals surface area contributed by atoms with Gasteiger partial charge in [-0.05, 0) is 188 Å². The van der Waals surface area contributed by atoms with Gasteiger partial charge in [-0.1, -0.05) is 90.0 Å². The molecule has 2 N–H and O–H groups in total. The number of allylic oxidation sites excluding steroid dienone is 4. The topological polar surface area (TPSA) is 121 Å². The van der Waals surface area contributed by atoms with E-state index in [0.717, 1.165) is 142 Å². The third-order valence-electron chi connectivity index (χ3n) is 19.3. The third-order valence-corrected chi connectivity index (χ3v) is 19.3. The zero-order valence-electron chi connectivity index (χ0n) is 48.2. The number of hydrogen-bond donors (Lipinski definition) is 2. The average molecular weight is 1040 g/mol. The van der Waals surface area contributed by atoms with Crippen molar-refractivity contribution in [2.24, 2.45) is 45.5 Å². The van der Waals surface area contributed by atoms with Crippen molar-refractivity contribution in [1.82, 2.24) is 14.9 Å². The molecule has 7 aliphatic rings. The van der Waals surface area contributed by atoms with E-state index in [0.29, 0.717) is 38.1 Å². The van der Waals surface area contributed by atoms with Crippen LogP contribution in [0.25, 0.3) is 29.9 Å². The van der Waals surface area contributed by atoms with Crippen LogP contribution in [0.3, 0.4) is 0 Å². The number of esters is 1. The van der Waals surface area contributed by atoms with Gasteiger partial charge >= 0.3 is 5.97 Å². The second kappa shape index (κ2) is 26.1. The molecule has 10 nitrogen and oxygen atoms in total. The van der Waals surface area contributed by atoms with Gasteiger partial charge in [0.05, 0.1) is 48.2 Å². The number of rotatable bonds is 22. The molecule has 0 radical (unpaired) electrons. The highest BCUT2D eigenvalue weighted by molar-refractivity contribution is 6.16. The van der Waals surface area contributed by atoms with Crippen LogP contribution in [0.4, 0.5) is 0 Å². The number of likely N-dealkylation sites (N-methyl/N-ethyl adjacent to an activating group) is 1. The molecule has 2 aromatic heterocycles. The summed E-state index contributed by atoms with van der Waals surface area (Å²) in [6, 6.07) is -0.229. The number of carbonyl (C=O) groups is 2. The molecule has 8 bridgehead atoms. The van der Waals surface area contributed by atoms with Gasteiger partial charge in [0.2, 0.25) is 0 Å². The van der Waals surface area contributed by atoms with Crippen LogP contribution in [-0.4, -0.2) is 96.8 Å². The summed E-state index contributed by atoms with van der Waals surface area (Å²) in [4.78, 5) is 47.6. The summed E-state index contributed by atoms with van der Waals surface area (Å²) in [6.07, 6.45) is 35.0. The van der Waals surface area contributed by atoms with Gasteiger partial charge in [-0.15, -0.1) is 0 Å². The first kappa shape index (κ1) is 56.3. The number of aromatic amines is 2. The number of hydrogen-bond acceptors (Lipinski definition) is 8. The lowest BCUT2D eigenvalue weighted by molar-refractivity contribution is -0.144. The van der Waals surface area contributed by atoms with Crippen LogP contribution < -0.4 is 21.4 Å². The summed E-state index contributed by atoms with van der Waals surface area (Å²) in [6.45, 7) is 20.6. The molecule has 2 aromatic rings. The molecule has 3 saturated carbocycles. The zero-order valence-corrected chi connectivity index (χ0v) is 48.2. The lowest BCUT2D eigenvalue weighted by Crippen LogP contribution is -2.31. The average Bonchev–Trinajstić information content (AvgIpc) is 4.19. The van der Waals surface area contributed by atoms with Crippen molar-refractivity contribution >= 4 is 53.1 Å². The summed E-state index contributed by atoms with van der Waals surface area (Å²) >= 11 is 0. The fraction of sp³-hybridized carbons (Fsp3) is 0.667. The van der Waals surface area contributed by atoms with Crippen molar-refractivity contribution in [3.05, 3.63) is 72.6 Å². The first-order valence-electron chi connectivity index (χ1n) is 30.5. The Morgan fingerprint density at radius 1 is 0.763 bits per heavy atom. The minimum Gasteiger partial charge on any atom is -0.466 e. The van der Waals surface area contributed by atoms with E-state index in [9.17, 15) is 9.59 Å². The molecule has 2 unspecified atom stereocenters. The van der Waals surface area contributed by atoms with Crippen LogP contribution in [-0.2, 0) is 19.0 Å². The molecule has 0 spiro atoms. The minimum atomic E-state index is -0.229. The maximum Gasteiger partial charge on any atom is 0.305 e. The van der Waals surface area contributed by atoms with E-state index in [-0.39, 0.29) is 35.5 Å². The number of unbranched alkanes of at least 4 members (excludes halogenated alkanes) is 4. The third kappa shape index (κ3) is 12.7. The Morgan fingerprint density at radius 2 is 1.41 bits per heavy atom. The van der Waals surface area contributed by atoms with E-state index in [2.05, 4.69) is 88.4 Å². The van der Waals surface area contributed by atoms with E-state index in [1.807, 2.05) is 24.1 Å². The number of aliphatic imine (C=N–C) groups is 2. The van der Waals surface area contributed by atoms with Crippen molar-refractivity contribution < 1.29 is 23.8 Å². The molecule has 3 aliphatic heterocycles. The van der Waals surface area contributed by atoms with Gasteiger partial charge in [0.25, 0.3) is 0 Å². The maximum absolute atomic E-state index is 13.9. The first-order valence-corrected chi connectivity index (χ1v) is 30.5. The highest BCUT2D eigenvalue weighted by atomic mass is 16.5. The fourth-order valence-corrected chi connectivity index (χ4v) is 14.9. The normalized spacial score (nSPS) is 28.4. The summed E-state index contributed by atoms with van der Waals surface area (Å²) in [7, 11) is 4.27. The van der Waals surface area contributed by atoms with Crippen molar-refractivity contribution in [1.29, 1.82) is 0 Å². The van der Waals surface area contributed by atoms with E-state index in [1.165, 1.54) is 95.5 Å². The molecular weight excluding hydrogens is 943 g/mol. The number of fused-ring (bicyclic) bond motifs is 6. The highest BCUT2D eigenvalue weighted by Crippen LogP contribution is 2.46. The van der Waals surface area contributed by atoms with Crippen LogP contribution >= 0.6 is 0 Å². The van der Waals surface area contributed by atoms with Crippen molar-refractivity contribution in [2.75, 3.05) is 40.5 Å². The lowest BCUT2D eigenvalue weighted by Gasteiger charge is -2.40. The molecule has 10 heteroatoms. The maximum atomic E-state index is 13.9. The van der Waals surface area contributed by atoms with Crippen LogP contribution in [0.1, 0.15) is 202 Å². The number of Topliss-reactive ketones (excluding diaryl/α,β-unsaturated/α-hetero) is 1. The number of ether oxygens (including phenoxy) is 3. The lowest BCUT2D eigenvalue weighted by atomic mass is 9.67. The highest BCUT2D eigenvalue weighted by Gasteiger charge is 2.41. The number of carbonyl (C=O) groups excluding carboxylic acids is 2. The Balaban J connectivity index is 0.745. The second-order valence-corrected chi connectivity index (χ2v) is 24.3. The first-order chi connectivity index (χ1) is 36.9. The standard InChI is InChI=1S/C66H95N5O5/c1-10-50-41(4)55-38-57-43(6)53(65(69-57)54-37-61(72)63-44(7)58(70-66(54)63)40-60-51(11-2)42(5)56(68-60)39-59(50)67-55)31-32-62(73)76-35-20-15-13-14-19-34-74-48-27-23-46(24-28-48)64(52(12-3)45-21-17-16-18-22-45)47-25-29-49(30-26-47)75-36-33-71(8)9/h10,38-40,42-43,45-49,53,65,67,70H,1,11-37H2,2-9H3/b55-38-,58-40-,59-39-,64-52-/t42?,43-,46?,47?,48?,49?,53-,65?/m0/s1. The Labute approximate surface area is 455 Å². The quantitative estimate of drug-likeness (QED) is 0.0688. The molecule has 0 saturated heterocycles. The van der Waals surface area contributed by atoms with Crippen molar-refractivity contribution in [3.63, 3.8) is 0 Å². The summed E-state index contributed by atoms with van der Waals surface area (Å²) in [5.74, 6) is 2.55. The summed E-state index contributed by atoms with van der Waals surface area (Å²) in [5, 5.41) is 3.82. The SMILES string of the molecule is C=Cc1c(C)/c2[nH]/c1=C\C1=NC(=C(CC)C1C)/C=c1\[nH]c3c(c1C)C(=O)CC=3C1N=C(\C=2)[C@@H](C)[C@@H]1CCC(=O)OCCCCCCCOC1CCC(/C(=C(\CC)C2CCCCC2)C2CCC(OCCN(C)C)CC2)CC1. The van der Waals surface area contributed by atoms with Gasteiger partial charge in [-0.2, -0.15) is 0 Å². The van der Waals surface area contributed by atoms with E-state index < -0.39 is 0 Å². The Kier molecular flexibility index (Phi) is 19.3. The number of ketones is 1.